The van der Waals surface area contributed by atoms with Gasteiger partial charge < -0.3 is 10.1 Å². The molecule has 2 saturated heterocycles. The molecule has 100 valence electrons. The van der Waals surface area contributed by atoms with Crippen LogP contribution < -0.4 is 5.32 Å². The van der Waals surface area contributed by atoms with Crippen LogP contribution in [0, 0.1) is 0 Å². The summed E-state index contributed by atoms with van der Waals surface area (Å²) in [5, 5.41) is 3.22. The number of hydrogen-bond acceptors (Lipinski definition) is 4. The molecule has 0 aliphatic carbocycles. The van der Waals surface area contributed by atoms with E-state index in [4.69, 9.17) is 4.74 Å². The highest BCUT2D eigenvalue weighted by molar-refractivity contribution is 7.89. The van der Waals surface area contributed by atoms with Crippen LogP contribution in [0.5, 0.6) is 0 Å². The fourth-order valence-corrected chi connectivity index (χ4v) is 4.10. The van der Waals surface area contributed by atoms with E-state index in [1.54, 1.807) is 4.31 Å². The third-order valence-corrected chi connectivity index (χ3v) is 5.31. The molecule has 17 heavy (non-hydrogen) atoms. The lowest BCUT2D eigenvalue weighted by molar-refractivity contribution is 0.0299. The van der Waals surface area contributed by atoms with Gasteiger partial charge in [-0.05, 0) is 32.2 Å². The number of nitrogens with zero attached hydrogens (tertiary/aromatic N) is 1. The third kappa shape index (κ3) is 3.91. The molecule has 2 fully saturated rings. The molecule has 0 aromatic rings. The predicted octanol–water partition coefficient (Wildman–Crippen LogP) is 0.181. The summed E-state index contributed by atoms with van der Waals surface area (Å²) in [5.41, 5.74) is 0. The minimum Gasteiger partial charge on any atom is -0.377 e. The monoisotopic (exact) mass is 262 g/mol. The van der Waals surface area contributed by atoms with E-state index in [0.717, 1.165) is 38.8 Å². The maximum Gasteiger partial charge on any atom is 0.216 e. The van der Waals surface area contributed by atoms with Gasteiger partial charge in [-0.3, -0.25) is 0 Å². The zero-order chi connectivity index (χ0) is 12.1. The van der Waals surface area contributed by atoms with Crippen molar-refractivity contribution in [2.75, 3.05) is 38.5 Å². The maximum absolute atomic E-state index is 12.2. The summed E-state index contributed by atoms with van der Waals surface area (Å²) in [6.45, 7) is 3.61. The van der Waals surface area contributed by atoms with Gasteiger partial charge in [0.2, 0.25) is 10.0 Å². The minimum absolute atomic E-state index is 0.0926. The Morgan fingerprint density at radius 2 is 2.06 bits per heavy atom. The van der Waals surface area contributed by atoms with Crippen molar-refractivity contribution in [1.82, 2.24) is 9.62 Å². The largest absolute Gasteiger partial charge is 0.377 e. The van der Waals surface area contributed by atoms with Crippen LogP contribution in [0.2, 0.25) is 0 Å². The highest BCUT2D eigenvalue weighted by atomic mass is 32.2. The summed E-state index contributed by atoms with van der Waals surface area (Å²) in [6.07, 6.45) is 3.83. The first-order valence-electron chi connectivity index (χ1n) is 6.49. The Balaban J connectivity index is 1.91. The average Bonchev–Trinajstić information content (AvgIpc) is 2.58. The quantitative estimate of drug-likeness (QED) is 0.788. The van der Waals surface area contributed by atoms with Crippen molar-refractivity contribution >= 4 is 10.0 Å². The number of nitrogens with one attached hydrogen (secondary N) is 1. The molecule has 2 aliphatic rings. The molecule has 6 heteroatoms. The normalized spacial score (nSPS) is 28.8. The van der Waals surface area contributed by atoms with Gasteiger partial charge in [-0.1, -0.05) is 0 Å². The van der Waals surface area contributed by atoms with Crippen molar-refractivity contribution in [2.45, 2.75) is 31.8 Å². The summed E-state index contributed by atoms with van der Waals surface area (Å²) in [6, 6.07) is 0. The molecule has 1 unspecified atom stereocenters. The SMILES string of the molecule is O=S(=O)(CC1CCCCO1)N1CCCNCC1. The van der Waals surface area contributed by atoms with E-state index in [-0.39, 0.29) is 11.9 Å². The van der Waals surface area contributed by atoms with Gasteiger partial charge in [0.15, 0.2) is 0 Å². The van der Waals surface area contributed by atoms with Crippen LogP contribution in [-0.4, -0.2) is 57.4 Å². The van der Waals surface area contributed by atoms with Gasteiger partial charge in [-0.15, -0.1) is 0 Å². The fraction of sp³-hybridized carbons (Fsp3) is 1.00. The number of rotatable bonds is 3. The Labute approximate surface area is 104 Å². The first kappa shape index (κ1) is 13.3. The van der Waals surface area contributed by atoms with Crippen LogP contribution >= 0.6 is 0 Å². The van der Waals surface area contributed by atoms with Gasteiger partial charge in [0.1, 0.15) is 0 Å². The summed E-state index contributed by atoms with van der Waals surface area (Å²) in [4.78, 5) is 0. The summed E-state index contributed by atoms with van der Waals surface area (Å²) < 4.78 is 31.6. The first-order chi connectivity index (χ1) is 8.18. The van der Waals surface area contributed by atoms with Crippen LogP contribution in [0.4, 0.5) is 0 Å². The highest BCUT2D eigenvalue weighted by Gasteiger charge is 2.28. The lowest BCUT2D eigenvalue weighted by Crippen LogP contribution is -2.40. The lowest BCUT2D eigenvalue weighted by Gasteiger charge is -2.26. The van der Waals surface area contributed by atoms with Crippen molar-refractivity contribution in [3.8, 4) is 0 Å². The fourth-order valence-electron chi connectivity index (χ4n) is 2.38. The number of sulfonamides is 1. The van der Waals surface area contributed by atoms with E-state index in [2.05, 4.69) is 5.32 Å². The van der Waals surface area contributed by atoms with Crippen LogP contribution in [0.3, 0.4) is 0 Å². The minimum atomic E-state index is -3.14. The maximum atomic E-state index is 12.2. The standard InChI is InChI=1S/C11H22N2O3S/c14-17(15,10-11-4-1-2-9-16-11)13-7-3-5-12-6-8-13/h11-12H,1-10H2. The molecule has 0 aromatic heterocycles. The average molecular weight is 262 g/mol. The molecule has 0 radical (unpaired) electrons. The molecule has 2 aliphatic heterocycles. The highest BCUT2D eigenvalue weighted by Crippen LogP contribution is 2.16. The molecular weight excluding hydrogens is 240 g/mol. The van der Waals surface area contributed by atoms with Crippen molar-refractivity contribution < 1.29 is 13.2 Å². The third-order valence-electron chi connectivity index (χ3n) is 3.36. The van der Waals surface area contributed by atoms with E-state index in [0.29, 0.717) is 19.7 Å². The number of hydrogen-bond donors (Lipinski definition) is 1. The number of ether oxygens (including phenoxy) is 1. The van der Waals surface area contributed by atoms with Crippen molar-refractivity contribution in [3.63, 3.8) is 0 Å². The van der Waals surface area contributed by atoms with E-state index in [1.165, 1.54) is 0 Å². The molecular formula is C11H22N2O3S. The Bertz CT molecular complexity index is 318. The summed E-state index contributed by atoms with van der Waals surface area (Å²) >= 11 is 0. The second kappa shape index (κ2) is 6.13. The molecule has 0 saturated carbocycles. The summed E-state index contributed by atoms with van der Waals surface area (Å²) in [7, 11) is -3.14. The molecule has 0 bridgehead atoms. The smallest absolute Gasteiger partial charge is 0.216 e. The lowest BCUT2D eigenvalue weighted by atomic mass is 10.1. The van der Waals surface area contributed by atoms with Crippen molar-refractivity contribution in [2.24, 2.45) is 0 Å². The zero-order valence-corrected chi connectivity index (χ0v) is 11.0. The molecule has 0 aromatic carbocycles. The second-order valence-electron chi connectivity index (χ2n) is 4.77. The van der Waals surface area contributed by atoms with Gasteiger partial charge in [-0.2, -0.15) is 0 Å². The van der Waals surface area contributed by atoms with Crippen LogP contribution in [0.15, 0.2) is 0 Å². The topological polar surface area (TPSA) is 58.6 Å². The zero-order valence-electron chi connectivity index (χ0n) is 10.2. The van der Waals surface area contributed by atoms with Crippen LogP contribution in [0.25, 0.3) is 0 Å². The van der Waals surface area contributed by atoms with E-state index >= 15 is 0 Å². The molecule has 0 amide bonds. The molecule has 2 heterocycles. The van der Waals surface area contributed by atoms with Gasteiger partial charge >= 0.3 is 0 Å². The van der Waals surface area contributed by atoms with Crippen LogP contribution in [0.1, 0.15) is 25.7 Å². The molecule has 5 nitrogen and oxygen atoms in total. The molecule has 1 atom stereocenters. The van der Waals surface area contributed by atoms with Gasteiger partial charge in [-0.25, -0.2) is 12.7 Å². The molecule has 1 N–H and O–H groups in total. The van der Waals surface area contributed by atoms with Gasteiger partial charge in [0.25, 0.3) is 0 Å². The van der Waals surface area contributed by atoms with Gasteiger partial charge in [0, 0.05) is 26.2 Å². The Morgan fingerprint density at radius 1 is 1.18 bits per heavy atom. The Hall–Kier alpha value is -0.170. The van der Waals surface area contributed by atoms with Crippen molar-refractivity contribution in [3.05, 3.63) is 0 Å². The molecule has 2 rings (SSSR count). The first-order valence-corrected chi connectivity index (χ1v) is 8.09. The summed E-state index contributed by atoms with van der Waals surface area (Å²) in [5.74, 6) is 0.160. The Morgan fingerprint density at radius 3 is 2.82 bits per heavy atom. The Kier molecular flexibility index (Phi) is 4.78. The van der Waals surface area contributed by atoms with E-state index in [1.807, 2.05) is 0 Å². The van der Waals surface area contributed by atoms with E-state index < -0.39 is 10.0 Å². The predicted molar refractivity (Wildman–Crippen MR) is 66.4 cm³/mol. The van der Waals surface area contributed by atoms with Crippen LogP contribution in [-0.2, 0) is 14.8 Å². The molecule has 0 spiro atoms. The van der Waals surface area contributed by atoms with Gasteiger partial charge in [0.05, 0.1) is 11.9 Å². The van der Waals surface area contributed by atoms with E-state index in [9.17, 15) is 8.42 Å². The second-order valence-corrected chi connectivity index (χ2v) is 6.78. The van der Waals surface area contributed by atoms with Crippen molar-refractivity contribution in [1.29, 1.82) is 0 Å².